The highest BCUT2D eigenvalue weighted by Gasteiger charge is 2.30. The highest BCUT2D eigenvalue weighted by molar-refractivity contribution is 5.80. The second-order valence-electron chi connectivity index (χ2n) is 8.76. The van der Waals surface area contributed by atoms with Crippen LogP contribution in [0.3, 0.4) is 0 Å². The number of carbonyl (C=O) groups excluding carboxylic acids is 1. The van der Waals surface area contributed by atoms with Crippen LogP contribution >= 0.6 is 0 Å². The predicted octanol–water partition coefficient (Wildman–Crippen LogP) is 2.64. The van der Waals surface area contributed by atoms with Gasteiger partial charge in [-0.3, -0.25) is 19.6 Å². The van der Waals surface area contributed by atoms with E-state index in [4.69, 9.17) is 0 Å². The molecule has 0 unspecified atom stereocenters. The molecule has 1 saturated heterocycles. The Hall–Kier alpha value is -3.66. The molecule has 33 heavy (non-hydrogen) atoms. The molecule has 2 aliphatic rings. The Morgan fingerprint density at radius 3 is 2.61 bits per heavy atom. The van der Waals surface area contributed by atoms with Crippen molar-refractivity contribution >= 4 is 11.6 Å². The van der Waals surface area contributed by atoms with Gasteiger partial charge in [0.1, 0.15) is 11.5 Å². The molecule has 170 valence electrons. The second kappa shape index (κ2) is 8.36. The van der Waals surface area contributed by atoms with Crippen LogP contribution in [0.1, 0.15) is 17.0 Å². The van der Waals surface area contributed by atoms with E-state index in [1.807, 2.05) is 10.9 Å². The molecule has 0 spiro atoms. The van der Waals surface area contributed by atoms with E-state index in [9.17, 15) is 19.3 Å². The molecule has 2 aromatic heterocycles. The van der Waals surface area contributed by atoms with Crippen molar-refractivity contribution in [3.8, 4) is 11.3 Å². The molecule has 1 amide bonds. The van der Waals surface area contributed by atoms with Gasteiger partial charge in [-0.25, -0.2) is 9.37 Å². The minimum atomic E-state index is -0.537. The zero-order chi connectivity index (χ0) is 23.1. The summed E-state index contributed by atoms with van der Waals surface area (Å²) in [7, 11) is 2.09. The monoisotopic (exact) mass is 450 g/mol. The number of hydrogen-bond acceptors (Lipinski definition) is 6. The number of nitro groups is 1. The van der Waals surface area contributed by atoms with Crippen molar-refractivity contribution < 1.29 is 14.1 Å². The fraction of sp³-hybridized carbons (Fsp3) is 0.348. The number of rotatable bonds is 6. The highest BCUT2D eigenvalue weighted by Crippen LogP contribution is 2.27. The van der Waals surface area contributed by atoms with E-state index in [0.29, 0.717) is 30.3 Å². The van der Waals surface area contributed by atoms with Gasteiger partial charge in [-0.05, 0) is 37.4 Å². The number of amides is 1. The molecule has 5 rings (SSSR count). The summed E-state index contributed by atoms with van der Waals surface area (Å²) in [5.74, 6) is -0.0220. The number of carbonyl (C=O) groups is 1. The molecule has 1 aromatic carbocycles. The molecule has 4 heterocycles. The molecular formula is C23H23FN6O3. The second-order valence-corrected chi connectivity index (χ2v) is 8.76. The number of aromatic nitrogens is 3. The van der Waals surface area contributed by atoms with Crippen molar-refractivity contribution in [3.63, 3.8) is 0 Å². The average molecular weight is 450 g/mol. The maximum absolute atomic E-state index is 13.2. The van der Waals surface area contributed by atoms with E-state index in [2.05, 4.69) is 22.0 Å². The molecule has 10 heteroatoms. The van der Waals surface area contributed by atoms with Gasteiger partial charge in [-0.1, -0.05) is 0 Å². The van der Waals surface area contributed by atoms with E-state index in [1.54, 1.807) is 17.0 Å². The molecule has 0 aliphatic carbocycles. The molecule has 9 nitrogen and oxygen atoms in total. The number of fused-ring (bicyclic) bond motifs is 1. The van der Waals surface area contributed by atoms with E-state index in [1.165, 1.54) is 24.3 Å². The summed E-state index contributed by atoms with van der Waals surface area (Å²) in [6.07, 6.45) is 1.81. The Bertz CT molecular complexity index is 1200. The summed E-state index contributed by atoms with van der Waals surface area (Å²) in [5.41, 5.74) is 2.84. The molecule has 1 fully saturated rings. The zero-order valence-electron chi connectivity index (χ0n) is 18.1. The summed E-state index contributed by atoms with van der Waals surface area (Å²) in [6, 6.07) is 8.55. The maximum atomic E-state index is 13.2. The normalized spacial score (nSPS) is 16.0. The lowest BCUT2D eigenvalue weighted by Crippen LogP contribution is -2.45. The SMILES string of the molecule is CN1CC(Cn2cc3c(n2)CN(C(=O)Cc2nc(-c4ccc(F)cc4)ccc2[N+](=O)[O-])C3)C1. The lowest BCUT2D eigenvalue weighted by atomic mass is 10.0. The third-order valence-electron chi connectivity index (χ3n) is 6.17. The van der Waals surface area contributed by atoms with Crippen LogP contribution in [-0.4, -0.2) is 55.5 Å². The molecule has 0 saturated carbocycles. The van der Waals surface area contributed by atoms with Crippen molar-refractivity contribution in [1.82, 2.24) is 24.6 Å². The van der Waals surface area contributed by atoms with Crippen molar-refractivity contribution in [3.05, 3.63) is 75.5 Å². The summed E-state index contributed by atoms with van der Waals surface area (Å²) in [4.78, 5) is 32.2. The molecule has 0 bridgehead atoms. The van der Waals surface area contributed by atoms with Gasteiger partial charge in [0.25, 0.3) is 5.69 Å². The smallest absolute Gasteiger partial charge is 0.291 e. The number of pyridine rings is 1. The summed E-state index contributed by atoms with van der Waals surface area (Å²) in [6.45, 7) is 3.83. The number of likely N-dealkylation sites (tertiary alicyclic amines) is 1. The minimum absolute atomic E-state index is 0.0931. The first kappa shape index (κ1) is 21.2. The molecule has 0 N–H and O–H groups in total. The first-order chi connectivity index (χ1) is 15.9. The predicted molar refractivity (Wildman–Crippen MR) is 117 cm³/mol. The molecule has 0 radical (unpaired) electrons. The fourth-order valence-corrected chi connectivity index (χ4v) is 4.51. The highest BCUT2D eigenvalue weighted by atomic mass is 19.1. The van der Waals surface area contributed by atoms with Crippen LogP contribution in [-0.2, 0) is 30.8 Å². The van der Waals surface area contributed by atoms with Gasteiger partial charge in [0.2, 0.25) is 5.91 Å². The fourth-order valence-electron chi connectivity index (χ4n) is 4.51. The van der Waals surface area contributed by atoms with Gasteiger partial charge in [-0.2, -0.15) is 5.10 Å². The first-order valence-corrected chi connectivity index (χ1v) is 10.8. The average Bonchev–Trinajstić information content (AvgIpc) is 3.32. The van der Waals surface area contributed by atoms with E-state index >= 15 is 0 Å². The van der Waals surface area contributed by atoms with Crippen LogP contribution in [0.2, 0.25) is 0 Å². The quantitative estimate of drug-likeness (QED) is 0.423. The van der Waals surface area contributed by atoms with Crippen LogP contribution in [0.15, 0.2) is 42.6 Å². The molecule has 0 atom stereocenters. The Balaban J connectivity index is 1.29. The molecular weight excluding hydrogens is 427 g/mol. The van der Waals surface area contributed by atoms with Crippen LogP contribution in [0.5, 0.6) is 0 Å². The molecule has 2 aliphatic heterocycles. The van der Waals surface area contributed by atoms with Crippen molar-refractivity contribution in [2.45, 2.75) is 26.1 Å². The van der Waals surface area contributed by atoms with Gasteiger partial charge in [0, 0.05) is 55.5 Å². The number of hydrogen-bond donors (Lipinski definition) is 0. The largest absolute Gasteiger partial charge is 0.332 e. The Morgan fingerprint density at radius 2 is 1.94 bits per heavy atom. The lowest BCUT2D eigenvalue weighted by molar-refractivity contribution is -0.385. The maximum Gasteiger partial charge on any atom is 0.291 e. The number of nitrogens with zero attached hydrogens (tertiary/aromatic N) is 6. The lowest BCUT2D eigenvalue weighted by Gasteiger charge is -2.36. The van der Waals surface area contributed by atoms with Crippen molar-refractivity contribution in [2.75, 3.05) is 20.1 Å². The Kier molecular flexibility index (Phi) is 5.37. The minimum Gasteiger partial charge on any atom is -0.332 e. The van der Waals surface area contributed by atoms with E-state index in [0.717, 1.165) is 30.9 Å². The van der Waals surface area contributed by atoms with Crippen molar-refractivity contribution in [1.29, 1.82) is 0 Å². The third-order valence-corrected chi connectivity index (χ3v) is 6.17. The van der Waals surface area contributed by atoms with Gasteiger partial charge >= 0.3 is 0 Å². The topological polar surface area (TPSA) is 97.4 Å². The summed E-state index contributed by atoms with van der Waals surface area (Å²) >= 11 is 0. The number of halogens is 1. The molecule has 3 aromatic rings. The van der Waals surface area contributed by atoms with Crippen LogP contribution in [0.25, 0.3) is 11.3 Å². The van der Waals surface area contributed by atoms with Gasteiger partial charge in [-0.15, -0.1) is 0 Å². The summed E-state index contributed by atoms with van der Waals surface area (Å²) in [5, 5.41) is 16.1. The standard InChI is InChI=1S/C23H23FN6O3/c1-27-9-15(10-27)11-29-13-17-12-28(14-21(17)26-29)23(31)8-20-22(30(32)33)7-6-19(25-20)16-2-4-18(24)5-3-16/h2-7,13,15H,8-12,14H2,1H3. The van der Waals surface area contributed by atoms with E-state index < -0.39 is 4.92 Å². The van der Waals surface area contributed by atoms with E-state index in [-0.39, 0.29) is 29.5 Å². The van der Waals surface area contributed by atoms with Gasteiger partial charge < -0.3 is 9.80 Å². The third kappa shape index (κ3) is 4.34. The Labute approximate surface area is 189 Å². The van der Waals surface area contributed by atoms with Gasteiger partial charge in [0.15, 0.2) is 0 Å². The van der Waals surface area contributed by atoms with Crippen molar-refractivity contribution in [2.24, 2.45) is 5.92 Å². The van der Waals surface area contributed by atoms with Crippen LogP contribution < -0.4 is 0 Å². The Morgan fingerprint density at radius 1 is 1.18 bits per heavy atom. The number of benzene rings is 1. The first-order valence-electron chi connectivity index (χ1n) is 10.8. The van der Waals surface area contributed by atoms with Gasteiger partial charge in [0.05, 0.1) is 29.3 Å². The zero-order valence-corrected chi connectivity index (χ0v) is 18.1. The van der Waals surface area contributed by atoms with Crippen LogP contribution in [0.4, 0.5) is 10.1 Å². The van der Waals surface area contributed by atoms with Crippen LogP contribution in [0, 0.1) is 21.8 Å². The summed E-state index contributed by atoms with van der Waals surface area (Å²) < 4.78 is 15.2.